The number of thiazole rings is 1. The molecule has 0 spiro atoms. The van der Waals surface area contributed by atoms with Crippen molar-refractivity contribution >= 4 is 45.6 Å². The first-order valence-electron chi connectivity index (χ1n) is 7.92. The Labute approximate surface area is 170 Å². The quantitative estimate of drug-likeness (QED) is 0.583. The Hall–Kier alpha value is -2.28. The summed E-state index contributed by atoms with van der Waals surface area (Å²) in [4.78, 5) is 16.7. The molecule has 0 radical (unpaired) electrons. The minimum Gasteiger partial charge on any atom is -0.493 e. The number of aromatic nitrogens is 1. The lowest BCUT2D eigenvalue weighted by Crippen LogP contribution is -2.14. The van der Waals surface area contributed by atoms with Gasteiger partial charge in [0.25, 0.3) is 0 Å². The van der Waals surface area contributed by atoms with E-state index in [-0.39, 0.29) is 12.3 Å². The van der Waals surface area contributed by atoms with Crippen LogP contribution in [0.25, 0.3) is 11.3 Å². The highest BCUT2D eigenvalue weighted by Crippen LogP contribution is 2.33. The van der Waals surface area contributed by atoms with Crippen LogP contribution in [0.1, 0.15) is 5.56 Å². The summed E-state index contributed by atoms with van der Waals surface area (Å²) in [6, 6.07) is 10.6. The number of amides is 1. The molecular weight excluding hydrogens is 407 g/mol. The first kappa shape index (κ1) is 19.5. The molecule has 2 aromatic carbocycles. The van der Waals surface area contributed by atoms with Crippen molar-refractivity contribution in [3.8, 4) is 22.8 Å². The number of carbonyl (C=O) groups excluding carboxylic acids is 1. The molecule has 1 aromatic heterocycles. The molecule has 1 N–H and O–H groups in total. The van der Waals surface area contributed by atoms with Gasteiger partial charge in [-0.3, -0.25) is 4.79 Å². The van der Waals surface area contributed by atoms with Crippen molar-refractivity contribution in [2.75, 3.05) is 19.5 Å². The summed E-state index contributed by atoms with van der Waals surface area (Å²) in [6.07, 6.45) is 0.140. The van der Waals surface area contributed by atoms with Crippen LogP contribution in [0.3, 0.4) is 0 Å². The highest BCUT2D eigenvalue weighted by atomic mass is 35.5. The second kappa shape index (κ2) is 8.61. The fourth-order valence-corrected chi connectivity index (χ4v) is 3.67. The van der Waals surface area contributed by atoms with E-state index in [1.807, 2.05) is 23.6 Å². The van der Waals surface area contributed by atoms with Crippen LogP contribution in [0.4, 0.5) is 5.13 Å². The average Bonchev–Trinajstić information content (AvgIpc) is 3.11. The molecule has 0 atom stereocenters. The van der Waals surface area contributed by atoms with Gasteiger partial charge in [0.1, 0.15) is 0 Å². The van der Waals surface area contributed by atoms with Crippen molar-refractivity contribution in [1.29, 1.82) is 0 Å². The standard InChI is InChI=1S/C19H16Cl2N2O3S/c1-25-16-6-4-12(7-17(16)26-2)15-10-27-19(22-15)23-18(24)8-11-3-5-13(20)9-14(11)21/h3-7,9-10H,8H2,1-2H3,(H,22,23,24). The van der Waals surface area contributed by atoms with Gasteiger partial charge in [-0.2, -0.15) is 0 Å². The van der Waals surface area contributed by atoms with Crippen molar-refractivity contribution in [3.05, 3.63) is 57.4 Å². The molecule has 1 amide bonds. The van der Waals surface area contributed by atoms with Gasteiger partial charge in [-0.05, 0) is 35.9 Å². The molecule has 0 aliphatic rings. The molecule has 3 aromatic rings. The third-order valence-electron chi connectivity index (χ3n) is 3.80. The fourth-order valence-electron chi connectivity index (χ4n) is 2.46. The Balaban J connectivity index is 1.71. The zero-order valence-electron chi connectivity index (χ0n) is 14.6. The molecule has 0 unspecified atom stereocenters. The first-order valence-corrected chi connectivity index (χ1v) is 9.55. The van der Waals surface area contributed by atoms with Crippen molar-refractivity contribution in [2.45, 2.75) is 6.42 Å². The highest BCUT2D eigenvalue weighted by molar-refractivity contribution is 7.14. The van der Waals surface area contributed by atoms with Gasteiger partial charge in [-0.1, -0.05) is 29.3 Å². The van der Waals surface area contributed by atoms with Crippen molar-refractivity contribution < 1.29 is 14.3 Å². The van der Waals surface area contributed by atoms with Crippen molar-refractivity contribution in [1.82, 2.24) is 4.98 Å². The molecule has 0 bridgehead atoms. The fraction of sp³-hybridized carbons (Fsp3) is 0.158. The third-order valence-corrected chi connectivity index (χ3v) is 5.14. The molecule has 0 fully saturated rings. The molecule has 0 aliphatic heterocycles. The molecular formula is C19H16Cl2N2O3S. The number of rotatable bonds is 6. The van der Waals surface area contributed by atoms with E-state index in [1.165, 1.54) is 11.3 Å². The monoisotopic (exact) mass is 422 g/mol. The number of hydrogen-bond donors (Lipinski definition) is 1. The maximum absolute atomic E-state index is 12.3. The minimum atomic E-state index is -0.201. The molecule has 8 heteroatoms. The topological polar surface area (TPSA) is 60.5 Å². The lowest BCUT2D eigenvalue weighted by Gasteiger charge is -2.08. The lowest BCUT2D eigenvalue weighted by atomic mass is 10.1. The van der Waals surface area contributed by atoms with Gasteiger partial charge in [0.15, 0.2) is 16.6 Å². The SMILES string of the molecule is COc1ccc(-c2csc(NC(=O)Cc3ccc(Cl)cc3Cl)n2)cc1OC. The summed E-state index contributed by atoms with van der Waals surface area (Å²) in [5, 5.41) is 6.16. The van der Waals surface area contributed by atoms with E-state index < -0.39 is 0 Å². The molecule has 0 saturated carbocycles. The number of nitrogens with zero attached hydrogens (tertiary/aromatic N) is 1. The minimum absolute atomic E-state index is 0.140. The maximum Gasteiger partial charge on any atom is 0.230 e. The van der Waals surface area contributed by atoms with E-state index in [0.717, 1.165) is 11.3 Å². The van der Waals surface area contributed by atoms with Gasteiger partial charge in [0.2, 0.25) is 5.91 Å². The largest absolute Gasteiger partial charge is 0.493 e. The summed E-state index contributed by atoms with van der Waals surface area (Å²) < 4.78 is 10.6. The number of carbonyl (C=O) groups is 1. The summed E-state index contributed by atoms with van der Waals surface area (Å²) in [5.41, 5.74) is 2.31. The van der Waals surface area contributed by atoms with Crippen LogP contribution in [-0.2, 0) is 11.2 Å². The second-order valence-electron chi connectivity index (χ2n) is 5.57. The number of anilines is 1. The Morgan fingerprint density at radius 3 is 2.59 bits per heavy atom. The number of ether oxygens (including phenoxy) is 2. The summed E-state index contributed by atoms with van der Waals surface area (Å²) >= 11 is 13.3. The second-order valence-corrected chi connectivity index (χ2v) is 7.27. The maximum atomic E-state index is 12.3. The molecule has 140 valence electrons. The average molecular weight is 423 g/mol. The van der Waals surface area contributed by atoms with Crippen LogP contribution in [0.5, 0.6) is 11.5 Å². The first-order chi connectivity index (χ1) is 13.0. The van der Waals surface area contributed by atoms with Gasteiger partial charge in [-0.15, -0.1) is 11.3 Å². The number of hydrogen-bond acceptors (Lipinski definition) is 5. The van der Waals surface area contributed by atoms with E-state index >= 15 is 0 Å². The zero-order chi connectivity index (χ0) is 19.4. The normalized spacial score (nSPS) is 10.5. The van der Waals surface area contributed by atoms with Crippen LogP contribution < -0.4 is 14.8 Å². The van der Waals surface area contributed by atoms with Crippen LogP contribution in [0.2, 0.25) is 10.0 Å². The molecule has 0 aliphatic carbocycles. The smallest absolute Gasteiger partial charge is 0.230 e. The third kappa shape index (κ3) is 4.71. The predicted octanol–water partition coefficient (Wildman–Crippen LogP) is 5.32. The molecule has 3 rings (SSSR count). The summed E-state index contributed by atoms with van der Waals surface area (Å²) in [6.45, 7) is 0. The molecule has 1 heterocycles. The van der Waals surface area contributed by atoms with Gasteiger partial charge >= 0.3 is 0 Å². The van der Waals surface area contributed by atoms with E-state index in [0.29, 0.717) is 32.2 Å². The number of halogens is 2. The molecule has 0 saturated heterocycles. The number of benzene rings is 2. The Kier molecular flexibility index (Phi) is 6.21. The lowest BCUT2D eigenvalue weighted by molar-refractivity contribution is -0.115. The molecule has 5 nitrogen and oxygen atoms in total. The highest BCUT2D eigenvalue weighted by Gasteiger charge is 2.12. The number of nitrogens with one attached hydrogen (secondary N) is 1. The summed E-state index contributed by atoms with van der Waals surface area (Å²) in [7, 11) is 3.16. The summed E-state index contributed by atoms with van der Waals surface area (Å²) in [5.74, 6) is 1.06. The van der Waals surface area contributed by atoms with Gasteiger partial charge < -0.3 is 14.8 Å². The van der Waals surface area contributed by atoms with E-state index in [9.17, 15) is 4.79 Å². The van der Waals surface area contributed by atoms with Crippen LogP contribution in [-0.4, -0.2) is 25.1 Å². The zero-order valence-corrected chi connectivity index (χ0v) is 16.9. The Morgan fingerprint density at radius 1 is 1.11 bits per heavy atom. The Bertz CT molecular complexity index is 975. The van der Waals surface area contributed by atoms with E-state index in [2.05, 4.69) is 10.3 Å². The van der Waals surface area contributed by atoms with Crippen molar-refractivity contribution in [3.63, 3.8) is 0 Å². The van der Waals surface area contributed by atoms with Crippen molar-refractivity contribution in [2.24, 2.45) is 0 Å². The van der Waals surface area contributed by atoms with Gasteiger partial charge in [-0.25, -0.2) is 4.98 Å². The van der Waals surface area contributed by atoms with Gasteiger partial charge in [0, 0.05) is 21.0 Å². The molecule has 27 heavy (non-hydrogen) atoms. The Morgan fingerprint density at radius 2 is 1.89 bits per heavy atom. The van der Waals surface area contributed by atoms with Crippen LogP contribution in [0.15, 0.2) is 41.8 Å². The van der Waals surface area contributed by atoms with E-state index in [4.69, 9.17) is 32.7 Å². The van der Waals surface area contributed by atoms with Crippen LogP contribution in [0, 0.1) is 0 Å². The van der Waals surface area contributed by atoms with E-state index in [1.54, 1.807) is 32.4 Å². The van der Waals surface area contributed by atoms with Crippen LogP contribution >= 0.6 is 34.5 Å². The van der Waals surface area contributed by atoms with Gasteiger partial charge in [0.05, 0.1) is 26.3 Å². The predicted molar refractivity (Wildman–Crippen MR) is 109 cm³/mol. The number of methoxy groups -OCH3 is 2.